The van der Waals surface area contributed by atoms with Crippen molar-refractivity contribution in [3.63, 3.8) is 0 Å². The second-order valence-electron chi connectivity index (χ2n) is 5.81. The summed E-state index contributed by atoms with van der Waals surface area (Å²) in [6, 6.07) is 13.7. The highest BCUT2D eigenvalue weighted by molar-refractivity contribution is 6.42. The normalized spacial score (nSPS) is 11.4. The summed E-state index contributed by atoms with van der Waals surface area (Å²) >= 11 is 12.3. The number of nitrogens with zero attached hydrogens (tertiary/aromatic N) is 2. The van der Waals surface area contributed by atoms with Crippen LogP contribution in [0.5, 0.6) is 0 Å². The molecule has 126 valence electrons. The van der Waals surface area contributed by atoms with E-state index in [2.05, 4.69) is 4.98 Å². The first-order valence-electron chi connectivity index (χ1n) is 7.68. The summed E-state index contributed by atoms with van der Waals surface area (Å²) in [4.78, 5) is 4.66. The smallest absolute Gasteiger partial charge is 0.177 e. The molecule has 25 heavy (non-hydrogen) atoms. The molecule has 0 saturated heterocycles. The molecule has 0 N–H and O–H groups in total. The molecule has 0 atom stereocenters. The summed E-state index contributed by atoms with van der Waals surface area (Å²) < 4.78 is 20.9. The van der Waals surface area contributed by atoms with E-state index in [1.165, 1.54) is 12.1 Å². The topological polar surface area (TPSA) is 31.0 Å². The monoisotopic (exact) mass is 374 g/mol. The third kappa shape index (κ3) is 3.03. The van der Waals surface area contributed by atoms with Crippen molar-refractivity contribution < 1.29 is 8.81 Å². The minimum absolute atomic E-state index is 0.268. The van der Waals surface area contributed by atoms with Gasteiger partial charge in [-0.25, -0.2) is 9.37 Å². The summed E-state index contributed by atoms with van der Waals surface area (Å²) in [7, 11) is 0. The first-order chi connectivity index (χ1) is 12.0. The van der Waals surface area contributed by atoms with E-state index >= 15 is 0 Å². The number of rotatable bonds is 3. The van der Waals surface area contributed by atoms with E-state index in [9.17, 15) is 4.39 Å². The molecule has 0 aliphatic rings. The molecule has 4 aromatic rings. The standard InChI is InChI=1S/C19H13Cl2FN2O/c1-11-2-7-18(25-11)19-23-16-8-14(20)15(21)9-17(16)24(19)10-12-3-5-13(22)6-4-12/h2-9H,10H2,1H3. The molecule has 3 nitrogen and oxygen atoms in total. The molecule has 2 aromatic heterocycles. The number of benzene rings is 2. The largest absolute Gasteiger partial charge is 0.458 e. The van der Waals surface area contributed by atoms with Crippen LogP contribution in [-0.2, 0) is 6.54 Å². The number of hydrogen-bond acceptors (Lipinski definition) is 2. The summed E-state index contributed by atoms with van der Waals surface area (Å²) in [5.74, 6) is 1.86. The lowest BCUT2D eigenvalue weighted by atomic mass is 10.2. The average molecular weight is 375 g/mol. The highest BCUT2D eigenvalue weighted by Crippen LogP contribution is 2.32. The predicted molar refractivity (Wildman–Crippen MR) is 97.7 cm³/mol. The molecule has 0 amide bonds. The molecule has 0 aliphatic carbocycles. The quantitative estimate of drug-likeness (QED) is 0.433. The summed E-state index contributed by atoms with van der Waals surface area (Å²) in [5, 5.41) is 0.902. The Kier molecular flexibility index (Phi) is 4.02. The number of hydrogen-bond donors (Lipinski definition) is 0. The third-order valence-electron chi connectivity index (χ3n) is 4.00. The van der Waals surface area contributed by atoms with Crippen molar-refractivity contribution in [3.8, 4) is 11.6 Å². The predicted octanol–water partition coefficient (Wildman–Crippen LogP) is 6.10. The molecule has 4 rings (SSSR count). The van der Waals surface area contributed by atoms with Gasteiger partial charge >= 0.3 is 0 Å². The highest BCUT2D eigenvalue weighted by atomic mass is 35.5. The number of fused-ring (bicyclic) bond motifs is 1. The Morgan fingerprint density at radius 2 is 1.76 bits per heavy atom. The molecule has 0 spiro atoms. The Bertz CT molecular complexity index is 1070. The van der Waals surface area contributed by atoms with Crippen LogP contribution in [0.4, 0.5) is 4.39 Å². The molecule has 0 radical (unpaired) electrons. The zero-order chi connectivity index (χ0) is 17.6. The van der Waals surface area contributed by atoms with Gasteiger partial charge in [0.2, 0.25) is 0 Å². The number of aromatic nitrogens is 2. The van der Waals surface area contributed by atoms with E-state index in [1.54, 1.807) is 24.3 Å². The molecular weight excluding hydrogens is 362 g/mol. The Morgan fingerprint density at radius 1 is 1.04 bits per heavy atom. The molecule has 0 aliphatic heterocycles. The van der Waals surface area contributed by atoms with Crippen molar-refractivity contribution in [1.29, 1.82) is 0 Å². The van der Waals surface area contributed by atoms with E-state index in [0.717, 1.165) is 22.4 Å². The van der Waals surface area contributed by atoms with E-state index in [0.29, 0.717) is 28.2 Å². The van der Waals surface area contributed by atoms with Gasteiger partial charge in [-0.2, -0.15) is 0 Å². The van der Waals surface area contributed by atoms with Gasteiger partial charge < -0.3 is 8.98 Å². The Labute approximate surface area is 153 Å². The minimum Gasteiger partial charge on any atom is -0.458 e. The van der Waals surface area contributed by atoms with E-state index < -0.39 is 0 Å². The van der Waals surface area contributed by atoms with Gasteiger partial charge in [-0.1, -0.05) is 35.3 Å². The van der Waals surface area contributed by atoms with Crippen molar-refractivity contribution in [2.45, 2.75) is 13.5 Å². The van der Waals surface area contributed by atoms with Crippen molar-refractivity contribution in [3.05, 3.63) is 75.7 Å². The van der Waals surface area contributed by atoms with Gasteiger partial charge in [0.05, 0.1) is 21.1 Å². The van der Waals surface area contributed by atoms with E-state index in [1.807, 2.05) is 23.6 Å². The SMILES string of the molecule is Cc1ccc(-c2nc3cc(Cl)c(Cl)cc3n2Cc2ccc(F)cc2)o1. The van der Waals surface area contributed by atoms with Crippen LogP contribution in [0.2, 0.25) is 10.0 Å². The average Bonchev–Trinajstić information content (AvgIpc) is 3.15. The van der Waals surface area contributed by atoms with Crippen LogP contribution >= 0.6 is 23.2 Å². The van der Waals surface area contributed by atoms with Gasteiger partial charge in [0, 0.05) is 6.54 Å². The van der Waals surface area contributed by atoms with Gasteiger partial charge in [-0.3, -0.25) is 0 Å². The number of imidazole rings is 1. The second kappa shape index (κ2) is 6.21. The molecule has 0 unspecified atom stereocenters. The van der Waals surface area contributed by atoms with Crippen molar-refractivity contribution in [2.24, 2.45) is 0 Å². The second-order valence-corrected chi connectivity index (χ2v) is 6.63. The van der Waals surface area contributed by atoms with Crippen LogP contribution in [0.1, 0.15) is 11.3 Å². The molecule has 0 bridgehead atoms. The fourth-order valence-electron chi connectivity index (χ4n) is 2.80. The van der Waals surface area contributed by atoms with E-state index in [-0.39, 0.29) is 5.82 Å². The fraction of sp³-hybridized carbons (Fsp3) is 0.105. The molecule has 0 saturated carbocycles. The van der Waals surface area contributed by atoms with Gasteiger partial charge in [0.25, 0.3) is 0 Å². The van der Waals surface area contributed by atoms with Gasteiger partial charge in [0.1, 0.15) is 11.6 Å². The van der Waals surface area contributed by atoms with Crippen LogP contribution in [0.3, 0.4) is 0 Å². The molecule has 2 aromatic carbocycles. The summed E-state index contributed by atoms with van der Waals surface area (Å²) in [5.41, 5.74) is 2.50. The van der Waals surface area contributed by atoms with Crippen LogP contribution in [0.25, 0.3) is 22.6 Å². The first kappa shape index (κ1) is 16.2. The lowest BCUT2D eigenvalue weighted by Gasteiger charge is -2.09. The van der Waals surface area contributed by atoms with Crippen LogP contribution in [-0.4, -0.2) is 9.55 Å². The van der Waals surface area contributed by atoms with Crippen molar-refractivity contribution in [2.75, 3.05) is 0 Å². The van der Waals surface area contributed by atoms with Gasteiger partial charge in [-0.05, 0) is 48.9 Å². The minimum atomic E-state index is -0.268. The zero-order valence-corrected chi connectivity index (χ0v) is 14.8. The molecule has 6 heteroatoms. The summed E-state index contributed by atoms with van der Waals surface area (Å²) in [6.45, 7) is 2.38. The number of halogens is 3. The highest BCUT2D eigenvalue weighted by Gasteiger charge is 2.17. The van der Waals surface area contributed by atoms with Gasteiger partial charge in [0.15, 0.2) is 11.6 Å². The number of aryl methyl sites for hydroxylation is 1. The van der Waals surface area contributed by atoms with Crippen LogP contribution in [0, 0.1) is 12.7 Å². The van der Waals surface area contributed by atoms with Crippen LogP contribution < -0.4 is 0 Å². The maximum Gasteiger partial charge on any atom is 0.177 e. The van der Waals surface area contributed by atoms with Crippen molar-refractivity contribution >= 4 is 34.2 Å². The van der Waals surface area contributed by atoms with Gasteiger partial charge in [-0.15, -0.1) is 0 Å². The summed E-state index contributed by atoms with van der Waals surface area (Å²) in [6.07, 6.45) is 0. The Morgan fingerprint density at radius 3 is 2.44 bits per heavy atom. The lowest BCUT2D eigenvalue weighted by Crippen LogP contribution is -2.02. The lowest BCUT2D eigenvalue weighted by molar-refractivity contribution is 0.540. The zero-order valence-electron chi connectivity index (χ0n) is 13.3. The molecule has 2 heterocycles. The molecular formula is C19H13Cl2FN2O. The third-order valence-corrected chi connectivity index (χ3v) is 4.73. The van der Waals surface area contributed by atoms with Crippen LogP contribution in [0.15, 0.2) is 52.9 Å². The first-order valence-corrected chi connectivity index (χ1v) is 8.43. The molecule has 0 fully saturated rings. The Hall–Kier alpha value is -2.30. The Balaban J connectivity index is 1.91. The van der Waals surface area contributed by atoms with E-state index in [4.69, 9.17) is 27.6 Å². The maximum absolute atomic E-state index is 13.2. The number of furan rings is 1. The van der Waals surface area contributed by atoms with Crippen molar-refractivity contribution in [1.82, 2.24) is 9.55 Å². The fourth-order valence-corrected chi connectivity index (χ4v) is 3.11. The maximum atomic E-state index is 13.2.